The number of rotatable bonds is 11. The Morgan fingerprint density at radius 2 is 1.71 bits per heavy atom. The normalized spacial score (nSPS) is 16.3. The average Bonchev–Trinajstić information content (AvgIpc) is 2.86. The van der Waals surface area contributed by atoms with Crippen molar-refractivity contribution in [3.8, 4) is 23.0 Å². The van der Waals surface area contributed by atoms with E-state index in [1.165, 1.54) is 24.3 Å². The van der Waals surface area contributed by atoms with Crippen molar-refractivity contribution in [2.24, 2.45) is 5.92 Å². The summed E-state index contributed by atoms with van der Waals surface area (Å²) in [6.45, 7) is 14.1. The minimum absolute atomic E-state index is 0.0197. The van der Waals surface area contributed by atoms with Crippen LogP contribution >= 0.6 is 0 Å². The highest BCUT2D eigenvalue weighted by Gasteiger charge is 2.39. The number of allylic oxidation sites excluding steroid dienone is 4. The first kappa shape index (κ1) is 28.9. The molecule has 1 aliphatic carbocycles. The van der Waals surface area contributed by atoms with Crippen LogP contribution in [0.15, 0.2) is 53.8 Å². The van der Waals surface area contributed by atoms with Crippen LogP contribution < -0.4 is 9.47 Å². The largest absolute Gasteiger partial charge is 0.508 e. The zero-order valence-electron chi connectivity index (χ0n) is 22.8. The molecule has 0 aromatic heterocycles. The van der Waals surface area contributed by atoms with Crippen LogP contribution in [0.4, 0.5) is 0 Å². The van der Waals surface area contributed by atoms with E-state index in [9.17, 15) is 25.2 Å². The van der Waals surface area contributed by atoms with Crippen molar-refractivity contribution in [2.75, 3.05) is 13.2 Å². The summed E-state index contributed by atoms with van der Waals surface area (Å²) >= 11 is 0. The number of ketones is 1. The number of fused-ring (bicyclic) bond motifs is 1. The van der Waals surface area contributed by atoms with Gasteiger partial charge >= 0.3 is 0 Å². The van der Waals surface area contributed by atoms with Gasteiger partial charge < -0.3 is 29.9 Å². The maximum atomic E-state index is 13.6. The quantitative estimate of drug-likeness (QED) is 0.246. The third-order valence-corrected chi connectivity index (χ3v) is 6.91. The average molecular weight is 523 g/mol. The second kappa shape index (κ2) is 12.2. The lowest BCUT2D eigenvalue weighted by atomic mass is 9.79. The van der Waals surface area contributed by atoms with Gasteiger partial charge in [0.15, 0.2) is 5.76 Å². The van der Waals surface area contributed by atoms with Gasteiger partial charge in [0.25, 0.3) is 0 Å². The van der Waals surface area contributed by atoms with Crippen molar-refractivity contribution in [3.05, 3.63) is 76.1 Å². The Morgan fingerprint density at radius 3 is 2.32 bits per heavy atom. The Morgan fingerprint density at radius 1 is 1.05 bits per heavy atom. The Kier molecular flexibility index (Phi) is 9.28. The molecule has 2 atom stereocenters. The van der Waals surface area contributed by atoms with Gasteiger partial charge in [0, 0.05) is 34.4 Å². The van der Waals surface area contributed by atoms with Crippen LogP contribution in [0, 0.1) is 5.92 Å². The fourth-order valence-electron chi connectivity index (χ4n) is 4.90. The smallest absolute Gasteiger partial charge is 0.231 e. The molecule has 2 unspecified atom stereocenters. The van der Waals surface area contributed by atoms with Crippen molar-refractivity contribution >= 4 is 11.4 Å². The molecule has 4 N–H and O–H groups in total. The SMILES string of the molecule is C=C(C)C(CC)CC=C(C)Cc1c(O)cc(OCC)c2c1C(O)C(c1ccc(O)cc1OCC)=C(O)C2=O. The standard InChI is InChI=1S/C31H38O7/c1-7-19(17(4)5)11-10-18(6)14-22-23(33)16-25(38-9-3)28-26(22)29(34)27(30(35)31(28)36)21-13-12-20(32)15-24(21)37-8-2/h10,12-13,15-16,19,29,32-35H,4,7-9,11,14H2,1-3,5-6H3. The number of carbonyl (C=O) groups is 1. The summed E-state index contributed by atoms with van der Waals surface area (Å²) in [5.41, 5.74) is 2.83. The lowest BCUT2D eigenvalue weighted by Crippen LogP contribution is -2.23. The number of aromatic hydroxyl groups is 2. The van der Waals surface area contributed by atoms with Gasteiger partial charge in [-0.3, -0.25) is 4.79 Å². The van der Waals surface area contributed by atoms with Gasteiger partial charge in [-0.05, 0) is 65.0 Å². The van der Waals surface area contributed by atoms with Gasteiger partial charge in [-0.1, -0.05) is 30.7 Å². The van der Waals surface area contributed by atoms with Crippen molar-refractivity contribution in [1.82, 2.24) is 0 Å². The second-order valence-electron chi connectivity index (χ2n) is 9.62. The molecule has 3 rings (SSSR count). The first-order chi connectivity index (χ1) is 18.0. The number of phenolic OH excluding ortho intramolecular Hbond substituents is 2. The number of hydrogen-bond acceptors (Lipinski definition) is 7. The van der Waals surface area contributed by atoms with Crippen LogP contribution in [0.5, 0.6) is 23.0 Å². The topological polar surface area (TPSA) is 116 Å². The second-order valence-corrected chi connectivity index (χ2v) is 9.62. The molecule has 7 nitrogen and oxygen atoms in total. The number of aliphatic hydroxyl groups is 2. The summed E-state index contributed by atoms with van der Waals surface area (Å²) in [7, 11) is 0. The van der Waals surface area contributed by atoms with Crippen molar-refractivity contribution in [2.45, 2.75) is 60.0 Å². The van der Waals surface area contributed by atoms with Crippen molar-refractivity contribution < 1.29 is 34.7 Å². The van der Waals surface area contributed by atoms with E-state index in [4.69, 9.17) is 9.47 Å². The summed E-state index contributed by atoms with van der Waals surface area (Å²) in [5, 5.41) is 43.8. The Hall–Kier alpha value is -3.71. The highest BCUT2D eigenvalue weighted by Crippen LogP contribution is 2.49. The van der Waals surface area contributed by atoms with Crippen molar-refractivity contribution in [1.29, 1.82) is 0 Å². The molecule has 7 heteroatoms. The number of Topliss-reactive ketones (excluding diaryl/α,β-unsaturated/α-hetero) is 1. The third kappa shape index (κ3) is 5.73. The van der Waals surface area contributed by atoms with E-state index in [2.05, 4.69) is 19.6 Å². The number of phenols is 2. The molecule has 1 aliphatic rings. The van der Waals surface area contributed by atoms with Crippen LogP contribution in [0.2, 0.25) is 0 Å². The molecule has 0 radical (unpaired) electrons. The van der Waals surface area contributed by atoms with Gasteiger partial charge in [-0.2, -0.15) is 0 Å². The van der Waals surface area contributed by atoms with E-state index < -0.39 is 17.6 Å². The lowest BCUT2D eigenvalue weighted by Gasteiger charge is -2.29. The van der Waals surface area contributed by atoms with Crippen LogP contribution in [0.1, 0.15) is 80.6 Å². The lowest BCUT2D eigenvalue weighted by molar-refractivity contribution is 0.0955. The molecular formula is C31H38O7. The molecular weight excluding hydrogens is 484 g/mol. The predicted octanol–water partition coefficient (Wildman–Crippen LogP) is 6.58. The molecule has 204 valence electrons. The molecule has 0 heterocycles. The van der Waals surface area contributed by atoms with Crippen LogP contribution in [0.25, 0.3) is 5.57 Å². The summed E-state index contributed by atoms with van der Waals surface area (Å²) in [4.78, 5) is 13.6. The monoisotopic (exact) mass is 522 g/mol. The van der Waals surface area contributed by atoms with Crippen molar-refractivity contribution in [3.63, 3.8) is 0 Å². The van der Waals surface area contributed by atoms with Crippen LogP contribution in [0.3, 0.4) is 0 Å². The van der Waals surface area contributed by atoms with E-state index in [-0.39, 0.29) is 64.9 Å². The van der Waals surface area contributed by atoms with E-state index in [1.54, 1.807) is 13.8 Å². The fourth-order valence-corrected chi connectivity index (χ4v) is 4.90. The molecule has 38 heavy (non-hydrogen) atoms. The zero-order chi connectivity index (χ0) is 28.1. The molecule has 0 bridgehead atoms. The number of ether oxygens (including phenoxy) is 2. The van der Waals surface area contributed by atoms with Gasteiger partial charge in [-0.25, -0.2) is 0 Å². The number of aliphatic hydroxyl groups excluding tert-OH is 2. The molecule has 2 aromatic carbocycles. The molecule has 0 spiro atoms. The molecule has 0 saturated heterocycles. The maximum absolute atomic E-state index is 13.6. The number of carbonyl (C=O) groups excluding carboxylic acids is 1. The van der Waals surface area contributed by atoms with Crippen LogP contribution in [-0.2, 0) is 6.42 Å². The summed E-state index contributed by atoms with van der Waals surface area (Å²) in [6, 6.07) is 5.59. The highest BCUT2D eigenvalue weighted by atomic mass is 16.5. The predicted molar refractivity (Wildman–Crippen MR) is 148 cm³/mol. The molecule has 2 aromatic rings. The number of hydrogen-bond donors (Lipinski definition) is 4. The fraction of sp³-hybridized carbons (Fsp3) is 0.387. The van der Waals surface area contributed by atoms with Gasteiger partial charge in [0.05, 0.1) is 18.8 Å². The first-order valence-corrected chi connectivity index (χ1v) is 13.0. The molecule has 0 saturated carbocycles. The maximum Gasteiger partial charge on any atom is 0.231 e. The molecule has 0 aliphatic heterocycles. The minimum Gasteiger partial charge on any atom is -0.508 e. The Bertz CT molecular complexity index is 1290. The summed E-state index contributed by atoms with van der Waals surface area (Å²) in [6.07, 6.45) is 2.64. The number of benzene rings is 2. The highest BCUT2D eigenvalue weighted by molar-refractivity contribution is 6.17. The Balaban J connectivity index is 2.19. The summed E-state index contributed by atoms with van der Waals surface area (Å²) in [5.74, 6) is -0.925. The van der Waals surface area contributed by atoms with Gasteiger partial charge in [0.2, 0.25) is 5.78 Å². The van der Waals surface area contributed by atoms with E-state index in [1.807, 2.05) is 13.8 Å². The molecule has 0 amide bonds. The molecule has 0 fully saturated rings. The zero-order valence-corrected chi connectivity index (χ0v) is 22.8. The van der Waals surface area contributed by atoms with Gasteiger partial charge in [0.1, 0.15) is 29.1 Å². The minimum atomic E-state index is -1.47. The van der Waals surface area contributed by atoms with E-state index >= 15 is 0 Å². The third-order valence-electron chi connectivity index (χ3n) is 6.91. The van der Waals surface area contributed by atoms with Gasteiger partial charge in [-0.15, -0.1) is 0 Å². The Labute approximate surface area is 224 Å². The van der Waals surface area contributed by atoms with E-state index in [0.717, 1.165) is 24.0 Å². The van der Waals surface area contributed by atoms with E-state index in [0.29, 0.717) is 11.5 Å². The first-order valence-electron chi connectivity index (χ1n) is 13.0. The summed E-state index contributed by atoms with van der Waals surface area (Å²) < 4.78 is 11.3. The van der Waals surface area contributed by atoms with Crippen LogP contribution in [-0.4, -0.2) is 39.4 Å².